The van der Waals surface area contributed by atoms with Crippen LogP contribution in [0.2, 0.25) is 0 Å². The first-order valence-electron chi connectivity index (χ1n) is 23.0. The van der Waals surface area contributed by atoms with Crippen molar-refractivity contribution in [3.05, 3.63) is 204 Å². The highest BCUT2D eigenvalue weighted by Crippen LogP contribution is 2.49. The van der Waals surface area contributed by atoms with E-state index in [4.69, 9.17) is 6.58 Å². The van der Waals surface area contributed by atoms with Gasteiger partial charge in [0.1, 0.15) is 0 Å². The standard InChI is InChI=1S/C61H50N4/c1-7-8-22-52-40(6)58-54(62(43-17-11-9-12-18-43)45-28-24-41(25-29-45)38(2)3)34-32-47-50-37-57-51(36-56(50)64(52)60(47)58)48-33-35-55(59-49-21-15-16-23-53(49)65(57)61(48)59)63(44-19-13-10-14-20-44)46-30-26-42(27-31-46)39(4)5/h7-39H,6H2,1-5H3/b8-7-,52-22+. The average Bonchev–Trinajstić information content (AvgIpc) is 4.05. The molecule has 0 aliphatic rings. The Morgan fingerprint density at radius 1 is 0.446 bits per heavy atom. The normalized spacial score (nSPS) is 12.8. The van der Waals surface area contributed by atoms with Gasteiger partial charge in [0.15, 0.2) is 0 Å². The van der Waals surface area contributed by atoms with E-state index in [1.807, 2.05) is 0 Å². The van der Waals surface area contributed by atoms with Gasteiger partial charge in [0.2, 0.25) is 0 Å². The highest BCUT2D eigenvalue weighted by atomic mass is 15.2. The fourth-order valence-electron chi connectivity index (χ4n) is 10.6. The summed E-state index contributed by atoms with van der Waals surface area (Å²) in [5.74, 6) is 0.906. The zero-order chi connectivity index (χ0) is 44.1. The van der Waals surface area contributed by atoms with Gasteiger partial charge in [0.05, 0.1) is 44.3 Å². The van der Waals surface area contributed by atoms with Crippen molar-refractivity contribution in [2.75, 3.05) is 9.80 Å². The Labute approximate surface area is 379 Å². The zero-order valence-corrected chi connectivity index (χ0v) is 37.5. The summed E-state index contributed by atoms with van der Waals surface area (Å²) >= 11 is 0. The SMILES string of the molecule is C=c1/c(=C\C=C/C)n2c3cc4c5ccc(N(c6ccccc6)c6ccc(C(C)C)cc6)c6c7ccccc7n(c4cc3c3ccc(N(c4ccccc4)c4ccc(C(C)C)cc4)c1c32)c56. The van der Waals surface area contributed by atoms with E-state index in [9.17, 15) is 0 Å². The van der Waals surface area contributed by atoms with E-state index in [2.05, 4.69) is 241 Å². The average molecular weight is 839 g/mol. The van der Waals surface area contributed by atoms with Gasteiger partial charge in [-0.1, -0.05) is 137 Å². The smallest absolute Gasteiger partial charge is 0.0641 e. The lowest BCUT2D eigenvalue weighted by Gasteiger charge is -2.27. The van der Waals surface area contributed by atoms with Gasteiger partial charge < -0.3 is 18.6 Å². The summed E-state index contributed by atoms with van der Waals surface area (Å²) in [4.78, 5) is 4.84. The third-order valence-electron chi connectivity index (χ3n) is 13.8. The second-order valence-corrected chi connectivity index (χ2v) is 18.2. The Kier molecular flexibility index (Phi) is 8.89. The van der Waals surface area contributed by atoms with Crippen LogP contribution in [0.25, 0.3) is 77.9 Å². The number of aromatic nitrogens is 2. The van der Waals surface area contributed by atoms with Crippen molar-refractivity contribution in [1.82, 2.24) is 8.80 Å². The Hall–Kier alpha value is -7.82. The summed E-state index contributed by atoms with van der Waals surface area (Å²) in [5, 5.41) is 10.7. The Morgan fingerprint density at radius 2 is 0.908 bits per heavy atom. The number of hydrogen-bond donors (Lipinski definition) is 0. The van der Waals surface area contributed by atoms with Gasteiger partial charge in [0.25, 0.3) is 0 Å². The molecular weight excluding hydrogens is 789 g/mol. The topological polar surface area (TPSA) is 15.3 Å². The fourth-order valence-corrected chi connectivity index (χ4v) is 10.6. The van der Waals surface area contributed by atoms with Crippen LogP contribution < -0.4 is 20.4 Å². The quantitative estimate of drug-likeness (QED) is 0.144. The van der Waals surface area contributed by atoms with E-state index in [0.717, 1.165) is 44.4 Å². The van der Waals surface area contributed by atoms with Crippen molar-refractivity contribution in [2.45, 2.75) is 46.5 Å². The monoisotopic (exact) mass is 838 g/mol. The molecule has 4 aromatic heterocycles. The molecule has 0 bridgehead atoms. The van der Waals surface area contributed by atoms with Gasteiger partial charge in [-0.15, -0.1) is 0 Å². The lowest BCUT2D eigenvalue weighted by Crippen LogP contribution is -2.24. The second-order valence-electron chi connectivity index (χ2n) is 18.2. The maximum Gasteiger partial charge on any atom is 0.0641 e. The van der Waals surface area contributed by atoms with Crippen LogP contribution in [0, 0.1) is 0 Å². The molecule has 0 aliphatic carbocycles. The molecule has 0 N–H and O–H groups in total. The molecule has 0 aliphatic heterocycles. The van der Waals surface area contributed by atoms with Crippen molar-refractivity contribution >= 4 is 112 Å². The summed E-state index contributed by atoms with van der Waals surface area (Å²) in [6.45, 7) is 16.0. The van der Waals surface area contributed by atoms with E-state index in [1.165, 1.54) is 76.7 Å². The van der Waals surface area contributed by atoms with E-state index in [-0.39, 0.29) is 0 Å². The molecule has 0 saturated carbocycles. The molecule has 4 nitrogen and oxygen atoms in total. The number of hydrogen-bond acceptors (Lipinski definition) is 2. The molecule has 12 aromatic rings. The number of benzene rings is 8. The third kappa shape index (κ3) is 5.76. The minimum Gasteiger partial charge on any atom is -0.310 e. The van der Waals surface area contributed by atoms with Gasteiger partial charge >= 0.3 is 0 Å². The van der Waals surface area contributed by atoms with Crippen molar-refractivity contribution in [1.29, 1.82) is 0 Å². The molecule has 0 amide bonds. The Balaban J connectivity index is 1.15. The summed E-state index contributed by atoms with van der Waals surface area (Å²) in [7, 11) is 0. The predicted molar refractivity (Wildman–Crippen MR) is 280 cm³/mol. The molecule has 65 heavy (non-hydrogen) atoms. The molecule has 0 atom stereocenters. The molecule has 0 radical (unpaired) electrons. The predicted octanol–water partition coefficient (Wildman–Crippen LogP) is 15.8. The summed E-state index contributed by atoms with van der Waals surface area (Å²) in [6, 6.07) is 62.9. The van der Waals surface area contributed by atoms with Crippen LogP contribution in [0.5, 0.6) is 0 Å². The van der Waals surface area contributed by atoms with Crippen molar-refractivity contribution in [2.24, 2.45) is 0 Å². The molecule has 314 valence electrons. The number of nitrogens with zero attached hydrogens (tertiary/aromatic N) is 4. The van der Waals surface area contributed by atoms with Crippen LogP contribution in [0.1, 0.15) is 57.6 Å². The van der Waals surface area contributed by atoms with E-state index < -0.39 is 0 Å². The minimum absolute atomic E-state index is 0.450. The molecule has 0 saturated heterocycles. The van der Waals surface area contributed by atoms with E-state index in [1.54, 1.807) is 0 Å². The molecule has 0 fully saturated rings. The first-order chi connectivity index (χ1) is 31.8. The van der Waals surface area contributed by atoms with Crippen molar-refractivity contribution in [3.63, 3.8) is 0 Å². The number of allylic oxidation sites excluding steroid dienone is 2. The van der Waals surface area contributed by atoms with Gasteiger partial charge in [-0.2, -0.15) is 0 Å². The van der Waals surface area contributed by atoms with Crippen LogP contribution in [0.4, 0.5) is 34.1 Å². The molecule has 4 heteroatoms. The number of fused-ring (bicyclic) bond motifs is 9. The maximum atomic E-state index is 4.87. The molecule has 12 rings (SSSR count). The first-order valence-corrected chi connectivity index (χ1v) is 23.0. The van der Waals surface area contributed by atoms with Crippen molar-refractivity contribution in [3.8, 4) is 0 Å². The van der Waals surface area contributed by atoms with Crippen LogP contribution in [-0.4, -0.2) is 8.80 Å². The number of rotatable bonds is 9. The largest absolute Gasteiger partial charge is 0.310 e. The van der Waals surface area contributed by atoms with Crippen LogP contribution in [-0.2, 0) is 0 Å². The summed E-state index contributed by atoms with van der Waals surface area (Å²) < 4.78 is 5.01. The van der Waals surface area contributed by atoms with Crippen LogP contribution in [0.15, 0.2) is 182 Å². The van der Waals surface area contributed by atoms with Gasteiger partial charge in [0, 0.05) is 65.7 Å². The molecule has 0 unspecified atom stereocenters. The molecular formula is C61H50N4. The van der Waals surface area contributed by atoms with Crippen LogP contribution >= 0.6 is 0 Å². The van der Waals surface area contributed by atoms with Crippen LogP contribution in [0.3, 0.4) is 0 Å². The van der Waals surface area contributed by atoms with E-state index in [0.29, 0.717) is 11.8 Å². The highest BCUT2D eigenvalue weighted by Gasteiger charge is 2.27. The Morgan fingerprint density at radius 3 is 1.43 bits per heavy atom. The fraction of sp³-hybridized carbons (Fsp3) is 0.115. The van der Waals surface area contributed by atoms with Gasteiger partial charge in [-0.3, -0.25) is 0 Å². The first kappa shape index (κ1) is 38.8. The lowest BCUT2D eigenvalue weighted by atomic mass is 10.0. The van der Waals surface area contributed by atoms with Gasteiger partial charge in [-0.05, 0) is 115 Å². The second kappa shape index (κ2) is 14.9. The van der Waals surface area contributed by atoms with E-state index >= 15 is 0 Å². The lowest BCUT2D eigenvalue weighted by molar-refractivity contribution is 0.866. The number of para-hydroxylation sites is 3. The molecule has 8 aromatic carbocycles. The Bertz CT molecular complexity index is 3890. The van der Waals surface area contributed by atoms with Gasteiger partial charge in [-0.25, -0.2) is 0 Å². The maximum absolute atomic E-state index is 4.87. The van der Waals surface area contributed by atoms with Crippen molar-refractivity contribution < 1.29 is 0 Å². The zero-order valence-electron chi connectivity index (χ0n) is 37.5. The molecule has 4 heterocycles. The third-order valence-corrected chi connectivity index (χ3v) is 13.8. The molecule has 0 spiro atoms. The summed E-state index contributed by atoms with van der Waals surface area (Å²) in [5.41, 5.74) is 15.5. The number of anilines is 6. The highest BCUT2D eigenvalue weighted by molar-refractivity contribution is 6.30. The summed E-state index contributed by atoms with van der Waals surface area (Å²) in [6.07, 6.45) is 6.48. The minimum atomic E-state index is 0.450.